The minimum Gasteiger partial charge on any atom is -0.492 e. The van der Waals surface area contributed by atoms with Crippen molar-refractivity contribution in [1.82, 2.24) is 0 Å². The zero-order chi connectivity index (χ0) is 8.53. The van der Waals surface area contributed by atoms with Gasteiger partial charge in [0.25, 0.3) is 0 Å². The molecule has 0 radical (unpaired) electrons. The summed E-state index contributed by atoms with van der Waals surface area (Å²) in [6.45, 7) is 5.18. The Balaban J connectivity index is 2.97. The first-order valence-electron chi connectivity index (χ1n) is 4.57. The predicted molar refractivity (Wildman–Crippen MR) is 55.3 cm³/mol. The van der Waals surface area contributed by atoms with E-state index in [0.29, 0.717) is 0 Å². The van der Waals surface area contributed by atoms with Crippen LogP contribution in [-0.2, 0) is 3.79 Å². The Labute approximate surface area is 81.9 Å². The maximum atomic E-state index is 5.48. The standard InChI is InChI=1S/C6H13.C2H5O.Al.BrH/c1-3-5-6-4-2;1-2-3;;/h1,3-6H2,2H3;2H2,1H3;;1H/q;-1;+2;/p-1. The fraction of sp³-hybridized carbons (Fsp3) is 1.00. The van der Waals surface area contributed by atoms with Crippen molar-refractivity contribution >= 4 is 26.7 Å². The molecular weight excluding hydrogens is 219 g/mol. The van der Waals surface area contributed by atoms with Gasteiger partial charge in [-0.25, -0.2) is 0 Å². The Morgan fingerprint density at radius 3 is 2.45 bits per heavy atom. The van der Waals surface area contributed by atoms with Crippen LogP contribution in [0.15, 0.2) is 0 Å². The Morgan fingerprint density at radius 2 is 1.91 bits per heavy atom. The lowest BCUT2D eigenvalue weighted by atomic mass is 10.2. The monoisotopic (exact) mass is 236 g/mol. The average molecular weight is 237 g/mol. The molecule has 66 valence electrons. The Kier molecular flexibility index (Phi) is 9.86. The predicted octanol–water partition coefficient (Wildman–Crippen LogP) is 3.49. The van der Waals surface area contributed by atoms with Crippen LogP contribution in [0.1, 0.15) is 39.5 Å². The van der Waals surface area contributed by atoms with Crippen molar-refractivity contribution < 1.29 is 3.79 Å². The van der Waals surface area contributed by atoms with E-state index in [2.05, 4.69) is 27.9 Å². The fourth-order valence-electron chi connectivity index (χ4n) is 0.996. The molecule has 0 aromatic carbocycles. The first-order chi connectivity index (χ1) is 5.31. The summed E-state index contributed by atoms with van der Waals surface area (Å²) in [6, 6.07) is 0. The molecule has 0 unspecified atom stereocenters. The summed E-state index contributed by atoms with van der Waals surface area (Å²) >= 11 is 2.67. The lowest BCUT2D eigenvalue weighted by molar-refractivity contribution is 0.355. The number of unbranched alkanes of at least 4 members (excludes halogenated alkanes) is 3. The highest BCUT2D eigenvalue weighted by atomic mass is 79.9. The van der Waals surface area contributed by atoms with E-state index in [0.717, 1.165) is 6.61 Å². The van der Waals surface area contributed by atoms with Gasteiger partial charge in [0.15, 0.2) is 0 Å². The minimum atomic E-state index is -0.932. The highest BCUT2D eigenvalue weighted by Crippen LogP contribution is 2.10. The number of halogens is 1. The van der Waals surface area contributed by atoms with Crippen molar-refractivity contribution in [3.63, 3.8) is 0 Å². The van der Waals surface area contributed by atoms with Gasteiger partial charge in [-0.2, -0.15) is 14.1 Å². The Hall–Kier alpha value is 0.972. The summed E-state index contributed by atoms with van der Waals surface area (Å²) in [5, 5.41) is 1.29. The third kappa shape index (κ3) is 8.88. The Bertz CT molecular complexity index is 80.5. The maximum Gasteiger partial charge on any atom is 0.557 e. The van der Waals surface area contributed by atoms with E-state index in [4.69, 9.17) is 3.79 Å². The van der Waals surface area contributed by atoms with Gasteiger partial charge in [0.1, 0.15) is 0 Å². The molecule has 0 N–H and O–H groups in total. The van der Waals surface area contributed by atoms with Crippen molar-refractivity contribution in [3.8, 4) is 0 Å². The molecule has 1 nitrogen and oxygen atoms in total. The topological polar surface area (TPSA) is 9.23 Å². The molecular formula is C8H18AlBrO. The molecule has 0 aliphatic rings. The number of hydrogen-bond acceptors (Lipinski definition) is 1. The molecule has 0 rings (SSSR count). The molecule has 11 heavy (non-hydrogen) atoms. The van der Waals surface area contributed by atoms with Crippen molar-refractivity contribution in [1.29, 1.82) is 0 Å². The van der Waals surface area contributed by atoms with E-state index in [1.807, 2.05) is 0 Å². The molecule has 0 spiro atoms. The van der Waals surface area contributed by atoms with E-state index in [-0.39, 0.29) is 0 Å². The molecule has 0 aromatic heterocycles. The van der Waals surface area contributed by atoms with E-state index in [1.165, 1.54) is 31.0 Å². The molecule has 0 saturated heterocycles. The molecule has 0 aromatic rings. The molecule has 0 aliphatic heterocycles. The van der Waals surface area contributed by atoms with Crippen LogP contribution < -0.4 is 0 Å². The summed E-state index contributed by atoms with van der Waals surface area (Å²) in [5.41, 5.74) is 0. The third-order valence-electron chi connectivity index (χ3n) is 1.63. The molecule has 0 bridgehead atoms. The summed E-state index contributed by atoms with van der Waals surface area (Å²) in [7, 11) is 0. The Morgan fingerprint density at radius 1 is 1.18 bits per heavy atom. The fourth-order valence-corrected chi connectivity index (χ4v) is 3.90. The van der Waals surface area contributed by atoms with Crippen LogP contribution in [0.25, 0.3) is 0 Å². The zero-order valence-corrected chi connectivity index (χ0v) is 10.3. The lowest BCUT2D eigenvalue weighted by Gasteiger charge is -2.03. The first-order valence-corrected chi connectivity index (χ1v) is 9.04. The smallest absolute Gasteiger partial charge is 0.492 e. The van der Waals surface area contributed by atoms with Crippen molar-refractivity contribution in [2.24, 2.45) is 0 Å². The van der Waals surface area contributed by atoms with Gasteiger partial charge in [-0.15, -0.1) is 0 Å². The molecule has 0 saturated carbocycles. The van der Waals surface area contributed by atoms with Crippen LogP contribution in [0.3, 0.4) is 0 Å². The molecule has 0 aliphatic carbocycles. The summed E-state index contributed by atoms with van der Waals surface area (Å²) in [5.74, 6) is 0. The van der Waals surface area contributed by atoms with Crippen LogP contribution in [0.2, 0.25) is 5.28 Å². The summed E-state index contributed by atoms with van der Waals surface area (Å²) < 4.78 is 5.48. The van der Waals surface area contributed by atoms with Gasteiger partial charge in [-0.05, 0) is 6.92 Å². The highest BCUT2D eigenvalue weighted by Gasteiger charge is 2.14. The van der Waals surface area contributed by atoms with Gasteiger partial charge in [0, 0.05) is 6.61 Å². The van der Waals surface area contributed by atoms with Gasteiger partial charge in [-0.3, -0.25) is 0 Å². The largest absolute Gasteiger partial charge is 0.557 e. The van der Waals surface area contributed by atoms with Crippen molar-refractivity contribution in [2.45, 2.75) is 44.8 Å². The van der Waals surface area contributed by atoms with Gasteiger partial charge >= 0.3 is 12.7 Å². The SMILES string of the molecule is CCCCC[CH2][Al]([Br])[O]CC. The second-order valence-corrected chi connectivity index (χ2v) is 7.51. The van der Waals surface area contributed by atoms with Gasteiger partial charge < -0.3 is 3.79 Å². The average Bonchev–Trinajstić information content (AvgIpc) is 1.99. The van der Waals surface area contributed by atoms with Crippen molar-refractivity contribution in [2.75, 3.05) is 6.61 Å². The van der Waals surface area contributed by atoms with Crippen LogP contribution in [-0.4, -0.2) is 19.3 Å². The maximum absolute atomic E-state index is 5.48. The van der Waals surface area contributed by atoms with Crippen LogP contribution >= 0.6 is 14.1 Å². The van der Waals surface area contributed by atoms with Crippen LogP contribution in [0.4, 0.5) is 0 Å². The van der Waals surface area contributed by atoms with E-state index in [1.54, 1.807) is 0 Å². The van der Waals surface area contributed by atoms with Gasteiger partial charge in [0.05, 0.1) is 0 Å². The zero-order valence-electron chi connectivity index (χ0n) is 7.61. The molecule has 0 atom stereocenters. The van der Waals surface area contributed by atoms with Gasteiger partial charge in [-0.1, -0.05) is 37.9 Å². The molecule has 3 heteroatoms. The van der Waals surface area contributed by atoms with E-state index in [9.17, 15) is 0 Å². The van der Waals surface area contributed by atoms with Crippen molar-refractivity contribution in [3.05, 3.63) is 0 Å². The summed E-state index contributed by atoms with van der Waals surface area (Å²) in [6.07, 6.45) is 5.41. The second kappa shape index (κ2) is 9.06. The normalized spacial score (nSPS) is 10.1. The van der Waals surface area contributed by atoms with E-state index >= 15 is 0 Å². The number of hydrogen-bond donors (Lipinski definition) is 0. The minimum absolute atomic E-state index is 0.871. The second-order valence-electron chi connectivity index (χ2n) is 2.71. The van der Waals surface area contributed by atoms with E-state index < -0.39 is 12.7 Å². The first kappa shape index (κ1) is 12.0. The molecule has 0 amide bonds. The lowest BCUT2D eigenvalue weighted by Crippen LogP contribution is -2.08. The van der Waals surface area contributed by atoms with Crippen LogP contribution in [0, 0.1) is 0 Å². The van der Waals surface area contributed by atoms with Gasteiger partial charge in [0.2, 0.25) is 0 Å². The molecule has 0 fully saturated rings. The number of rotatable bonds is 7. The summed E-state index contributed by atoms with van der Waals surface area (Å²) in [4.78, 5) is 0. The quantitative estimate of drug-likeness (QED) is 0.486. The van der Waals surface area contributed by atoms with Crippen LogP contribution in [0.5, 0.6) is 0 Å². The highest BCUT2D eigenvalue weighted by molar-refractivity contribution is 9.24. The third-order valence-corrected chi connectivity index (χ3v) is 5.36. The molecule has 0 heterocycles.